The third-order valence-corrected chi connectivity index (χ3v) is 6.33. The van der Waals surface area contributed by atoms with Crippen LogP contribution in [0, 0.1) is 0 Å². The molecular weight excluding hydrogens is 447 g/mol. The molecule has 2 N–H and O–H groups in total. The molecule has 1 saturated heterocycles. The molecular formula is C23H28Cl2N6O. The van der Waals surface area contributed by atoms with Crippen molar-refractivity contribution in [1.82, 2.24) is 19.9 Å². The molecule has 2 aromatic heterocycles. The van der Waals surface area contributed by atoms with Gasteiger partial charge in [-0.25, -0.2) is 9.97 Å². The molecule has 7 nitrogen and oxygen atoms in total. The summed E-state index contributed by atoms with van der Waals surface area (Å²) in [4.78, 5) is 28.7. The zero-order valence-electron chi connectivity index (χ0n) is 18.2. The van der Waals surface area contributed by atoms with Gasteiger partial charge >= 0.3 is 0 Å². The normalized spacial score (nSPS) is 16.3. The molecule has 1 fully saturated rings. The number of carbonyl (C=O) groups excluding carboxylic acids is 1. The van der Waals surface area contributed by atoms with Gasteiger partial charge in [0.2, 0.25) is 5.91 Å². The van der Waals surface area contributed by atoms with Crippen LogP contribution in [0.4, 0.5) is 11.5 Å². The van der Waals surface area contributed by atoms with Crippen molar-refractivity contribution in [3.8, 4) is 0 Å². The van der Waals surface area contributed by atoms with E-state index in [2.05, 4.69) is 25.2 Å². The number of nitrogens with zero attached hydrogens (tertiary/aromatic N) is 4. The third kappa shape index (κ3) is 5.45. The summed E-state index contributed by atoms with van der Waals surface area (Å²) in [5, 5.41) is 5.61. The van der Waals surface area contributed by atoms with Crippen molar-refractivity contribution >= 4 is 51.6 Å². The number of H-pyrrole nitrogens is 1. The maximum atomic E-state index is 12.4. The topological polar surface area (TPSA) is 77.2 Å². The van der Waals surface area contributed by atoms with Crippen molar-refractivity contribution in [3.05, 3.63) is 46.8 Å². The number of unbranched alkanes of at least 4 members (excludes halogenated alkanes) is 1. The van der Waals surface area contributed by atoms with Gasteiger partial charge in [-0.05, 0) is 49.9 Å². The maximum Gasteiger partial charge on any atom is 0.219 e. The van der Waals surface area contributed by atoms with Gasteiger partial charge in [0.05, 0.1) is 5.39 Å². The Morgan fingerprint density at radius 2 is 2.06 bits per heavy atom. The Morgan fingerprint density at radius 3 is 2.84 bits per heavy atom. The minimum atomic E-state index is 0.126. The summed E-state index contributed by atoms with van der Waals surface area (Å²) in [6, 6.07) is 7.64. The minimum Gasteiger partial charge on any atom is -0.385 e. The number of piperidine rings is 1. The van der Waals surface area contributed by atoms with Gasteiger partial charge in [-0.1, -0.05) is 23.2 Å². The van der Waals surface area contributed by atoms with Crippen LogP contribution in [0.25, 0.3) is 11.0 Å². The number of rotatable bonds is 8. The van der Waals surface area contributed by atoms with Gasteiger partial charge < -0.3 is 20.1 Å². The molecule has 0 saturated carbocycles. The largest absolute Gasteiger partial charge is 0.385 e. The molecule has 1 aliphatic heterocycles. The molecule has 0 spiro atoms. The van der Waals surface area contributed by atoms with E-state index in [0.717, 1.165) is 74.4 Å². The monoisotopic (exact) mass is 474 g/mol. The van der Waals surface area contributed by atoms with Crippen LogP contribution < -0.4 is 10.2 Å². The van der Waals surface area contributed by atoms with Crippen LogP contribution >= 0.6 is 23.2 Å². The highest BCUT2D eigenvalue weighted by Crippen LogP contribution is 2.27. The van der Waals surface area contributed by atoms with Crippen LogP contribution in [0.15, 0.2) is 36.8 Å². The molecule has 3 heterocycles. The van der Waals surface area contributed by atoms with Crippen molar-refractivity contribution in [2.45, 2.75) is 38.6 Å². The third-order valence-electron chi connectivity index (χ3n) is 5.89. The molecule has 1 aromatic carbocycles. The number of aromatic nitrogens is 3. The second-order valence-electron chi connectivity index (χ2n) is 8.18. The van der Waals surface area contributed by atoms with E-state index in [0.29, 0.717) is 10.0 Å². The van der Waals surface area contributed by atoms with E-state index in [4.69, 9.17) is 23.2 Å². The lowest BCUT2D eigenvalue weighted by atomic mass is 10.0. The Bertz CT molecular complexity index is 1050. The number of hydrogen-bond acceptors (Lipinski definition) is 5. The lowest BCUT2D eigenvalue weighted by Gasteiger charge is -2.39. The number of fused-ring (bicyclic) bond motifs is 1. The molecule has 0 aliphatic carbocycles. The summed E-state index contributed by atoms with van der Waals surface area (Å²) in [7, 11) is 0. The van der Waals surface area contributed by atoms with Crippen molar-refractivity contribution in [1.29, 1.82) is 0 Å². The van der Waals surface area contributed by atoms with Gasteiger partial charge in [0.1, 0.15) is 17.8 Å². The smallest absolute Gasteiger partial charge is 0.219 e. The van der Waals surface area contributed by atoms with Gasteiger partial charge in [0, 0.05) is 61.1 Å². The first-order valence-electron chi connectivity index (χ1n) is 11.0. The minimum absolute atomic E-state index is 0.126. The van der Waals surface area contributed by atoms with E-state index < -0.39 is 0 Å². The van der Waals surface area contributed by atoms with Gasteiger partial charge in [-0.3, -0.25) is 4.79 Å². The van der Waals surface area contributed by atoms with Crippen LogP contribution in [0.5, 0.6) is 0 Å². The molecule has 4 rings (SSSR count). The number of hydrogen-bond donors (Lipinski definition) is 2. The van der Waals surface area contributed by atoms with Crippen molar-refractivity contribution in [2.24, 2.45) is 0 Å². The number of halogens is 2. The number of amides is 1. The van der Waals surface area contributed by atoms with Crippen molar-refractivity contribution in [3.63, 3.8) is 0 Å². The zero-order chi connectivity index (χ0) is 22.5. The molecule has 3 aromatic rings. The molecule has 0 radical (unpaired) electrons. The van der Waals surface area contributed by atoms with E-state index in [1.165, 1.54) is 0 Å². The van der Waals surface area contributed by atoms with E-state index in [1.807, 2.05) is 29.3 Å². The average molecular weight is 475 g/mol. The fraction of sp³-hybridized carbons (Fsp3) is 0.435. The number of nitrogens with one attached hydrogen (secondary N) is 2. The number of anilines is 2. The highest BCUT2D eigenvalue weighted by molar-refractivity contribution is 6.35. The zero-order valence-corrected chi connectivity index (χ0v) is 19.7. The summed E-state index contributed by atoms with van der Waals surface area (Å²) < 4.78 is 0. The highest BCUT2D eigenvalue weighted by atomic mass is 35.5. The number of aromatic amines is 1. The predicted octanol–water partition coefficient (Wildman–Crippen LogP) is 4.97. The fourth-order valence-electron chi connectivity index (χ4n) is 4.41. The summed E-state index contributed by atoms with van der Waals surface area (Å²) in [6.07, 6.45) is 7.39. The van der Waals surface area contributed by atoms with Gasteiger partial charge in [-0.15, -0.1) is 0 Å². The molecule has 0 unspecified atom stereocenters. The standard InChI is InChI=1S/C23H28Cl2N6O/c1-16(32)31(10-3-2-7-26-19-12-17(24)11-18(25)13-19)20-5-4-9-30(14-20)23-21-6-8-27-22(21)28-15-29-23/h6,8,11-13,15,20,26H,2-5,7,9-10,14H2,1H3,(H,27,28,29)/t20-/m1/s1. The van der Waals surface area contributed by atoms with Crippen molar-refractivity contribution in [2.75, 3.05) is 36.4 Å². The fourth-order valence-corrected chi connectivity index (χ4v) is 4.93. The van der Waals surface area contributed by atoms with E-state index in [1.54, 1.807) is 19.3 Å². The Kier molecular flexibility index (Phi) is 7.37. The van der Waals surface area contributed by atoms with Crippen LogP contribution in [-0.4, -0.2) is 58.0 Å². The lowest BCUT2D eigenvalue weighted by Crippen LogP contribution is -2.50. The van der Waals surface area contributed by atoms with Crippen LogP contribution in [0.1, 0.15) is 32.6 Å². The predicted molar refractivity (Wildman–Crippen MR) is 131 cm³/mol. The van der Waals surface area contributed by atoms with Gasteiger partial charge in [-0.2, -0.15) is 0 Å². The Balaban J connectivity index is 1.32. The van der Waals surface area contributed by atoms with E-state index in [-0.39, 0.29) is 11.9 Å². The lowest BCUT2D eigenvalue weighted by molar-refractivity contribution is -0.131. The average Bonchev–Trinajstić information content (AvgIpc) is 3.24. The Hall–Kier alpha value is -2.51. The Labute approximate surface area is 198 Å². The summed E-state index contributed by atoms with van der Waals surface area (Å²) >= 11 is 12.1. The van der Waals surface area contributed by atoms with Crippen LogP contribution in [-0.2, 0) is 4.79 Å². The number of benzene rings is 1. The molecule has 1 amide bonds. The summed E-state index contributed by atoms with van der Waals surface area (Å²) in [6.45, 7) is 4.93. The highest BCUT2D eigenvalue weighted by Gasteiger charge is 2.28. The van der Waals surface area contributed by atoms with Crippen molar-refractivity contribution < 1.29 is 4.79 Å². The van der Waals surface area contributed by atoms with Crippen LogP contribution in [0.2, 0.25) is 10.0 Å². The first-order chi connectivity index (χ1) is 15.5. The van der Waals surface area contributed by atoms with Gasteiger partial charge in [0.15, 0.2) is 0 Å². The molecule has 1 atom stereocenters. The Morgan fingerprint density at radius 1 is 1.25 bits per heavy atom. The van der Waals surface area contributed by atoms with Gasteiger partial charge in [0.25, 0.3) is 0 Å². The van der Waals surface area contributed by atoms with E-state index in [9.17, 15) is 4.79 Å². The van der Waals surface area contributed by atoms with Crippen LogP contribution in [0.3, 0.4) is 0 Å². The quantitative estimate of drug-likeness (QED) is 0.450. The molecule has 0 bridgehead atoms. The molecule has 32 heavy (non-hydrogen) atoms. The maximum absolute atomic E-state index is 12.4. The molecule has 170 valence electrons. The molecule has 1 aliphatic rings. The first-order valence-corrected chi connectivity index (χ1v) is 11.8. The summed E-state index contributed by atoms with van der Waals surface area (Å²) in [5.74, 6) is 1.06. The first kappa shape index (κ1) is 22.7. The molecule has 9 heteroatoms. The SMILES string of the molecule is CC(=O)N(CCCCNc1cc(Cl)cc(Cl)c1)[C@@H]1CCCN(c2ncnc3[nH]ccc23)C1. The second kappa shape index (κ2) is 10.4. The second-order valence-corrected chi connectivity index (χ2v) is 9.06. The van der Waals surface area contributed by atoms with E-state index >= 15 is 0 Å². The number of carbonyl (C=O) groups is 1. The summed E-state index contributed by atoms with van der Waals surface area (Å²) in [5.41, 5.74) is 1.75.